The molecule has 3 aromatic rings. The molecule has 1 aliphatic heterocycles. The molecule has 1 saturated carbocycles. The van der Waals surface area contributed by atoms with Gasteiger partial charge < -0.3 is 30.1 Å². The maximum absolute atomic E-state index is 16.1. The Morgan fingerprint density at radius 2 is 2.07 bits per heavy atom. The SMILES string of the molecule is C[C@H](NP(=O)(OC[C@H]1O[C@@H](n2cnc3c(N(C)C4CCC4)nc(N)nc32)[C@](C)(F)[C@@H]1O)Oc1ccccc1)C(=O)O. The Labute approximate surface area is 235 Å². The summed E-state index contributed by atoms with van der Waals surface area (Å²) >= 11 is 0. The number of nitrogens with one attached hydrogen (secondary N) is 1. The maximum Gasteiger partial charge on any atom is 0.459 e. The maximum atomic E-state index is 16.1. The van der Waals surface area contributed by atoms with Crippen molar-refractivity contribution in [3.05, 3.63) is 36.7 Å². The van der Waals surface area contributed by atoms with Crippen LogP contribution in [0, 0.1) is 0 Å². The Hall–Kier alpha value is -3.36. The van der Waals surface area contributed by atoms with Crippen molar-refractivity contribution in [2.24, 2.45) is 0 Å². The summed E-state index contributed by atoms with van der Waals surface area (Å²) in [6, 6.07) is 6.95. The predicted octanol–water partition coefficient (Wildman–Crippen LogP) is 2.65. The van der Waals surface area contributed by atoms with Crippen molar-refractivity contribution >= 4 is 36.6 Å². The van der Waals surface area contributed by atoms with Gasteiger partial charge in [-0.05, 0) is 45.2 Å². The number of carbonyl (C=O) groups is 1. The molecule has 5 N–H and O–H groups in total. The number of aromatic nitrogens is 4. The van der Waals surface area contributed by atoms with Crippen molar-refractivity contribution < 1.29 is 37.7 Å². The third-order valence-electron chi connectivity index (χ3n) is 7.45. The monoisotopic (exact) mass is 593 g/mol. The first-order valence-electron chi connectivity index (χ1n) is 13.1. The average molecular weight is 594 g/mol. The number of aliphatic carboxylic acids is 1. The van der Waals surface area contributed by atoms with Gasteiger partial charge in [0.15, 0.2) is 28.9 Å². The third kappa shape index (κ3) is 5.72. The van der Waals surface area contributed by atoms with Crippen LogP contribution in [0.1, 0.15) is 39.3 Å². The first-order valence-corrected chi connectivity index (χ1v) is 14.7. The molecule has 41 heavy (non-hydrogen) atoms. The van der Waals surface area contributed by atoms with Gasteiger partial charge in [0.25, 0.3) is 0 Å². The van der Waals surface area contributed by atoms with E-state index in [0.717, 1.165) is 26.2 Å². The molecule has 2 fully saturated rings. The van der Waals surface area contributed by atoms with Crippen LogP contribution in [0.15, 0.2) is 36.7 Å². The highest BCUT2D eigenvalue weighted by Gasteiger charge is 2.56. The molecule has 222 valence electrons. The van der Waals surface area contributed by atoms with Gasteiger partial charge in [-0.25, -0.2) is 13.9 Å². The molecule has 6 atom stereocenters. The molecule has 0 bridgehead atoms. The van der Waals surface area contributed by atoms with Crippen LogP contribution in [-0.2, 0) is 18.6 Å². The molecular formula is C25H33FN7O7P. The Morgan fingerprint density at radius 1 is 1.37 bits per heavy atom. The molecule has 14 nitrogen and oxygen atoms in total. The van der Waals surface area contributed by atoms with Gasteiger partial charge in [0, 0.05) is 13.1 Å². The van der Waals surface area contributed by atoms with Gasteiger partial charge in [-0.1, -0.05) is 18.2 Å². The van der Waals surface area contributed by atoms with E-state index in [2.05, 4.69) is 20.0 Å². The average Bonchev–Trinajstić information content (AvgIpc) is 3.39. The van der Waals surface area contributed by atoms with E-state index in [9.17, 15) is 19.6 Å². The van der Waals surface area contributed by atoms with Gasteiger partial charge in [-0.2, -0.15) is 15.1 Å². The molecule has 16 heteroatoms. The second-order valence-electron chi connectivity index (χ2n) is 10.4. The molecule has 2 aromatic heterocycles. The van der Waals surface area contributed by atoms with Gasteiger partial charge in [-0.3, -0.25) is 13.9 Å². The van der Waals surface area contributed by atoms with Crippen LogP contribution in [0.2, 0.25) is 0 Å². The Kier molecular flexibility index (Phi) is 7.92. The Bertz CT molecular complexity index is 1450. The number of rotatable bonds is 11. The number of nitrogens with two attached hydrogens (primary N) is 1. The van der Waals surface area contributed by atoms with Crippen molar-refractivity contribution in [1.82, 2.24) is 24.6 Å². The number of carboxylic acids is 1. The lowest BCUT2D eigenvalue weighted by Gasteiger charge is -2.35. The van der Waals surface area contributed by atoms with Gasteiger partial charge >= 0.3 is 13.7 Å². The van der Waals surface area contributed by atoms with Crippen LogP contribution in [-0.4, -0.2) is 79.3 Å². The summed E-state index contributed by atoms with van der Waals surface area (Å²) in [7, 11) is -2.44. The number of ether oxygens (including phenoxy) is 1. The van der Waals surface area contributed by atoms with Crippen LogP contribution in [0.5, 0.6) is 5.75 Å². The summed E-state index contributed by atoms with van der Waals surface area (Å²) in [5.74, 6) is -0.675. The number of para-hydroxylation sites is 1. The summed E-state index contributed by atoms with van der Waals surface area (Å²) in [6.45, 7) is 1.82. The molecule has 0 spiro atoms. The highest BCUT2D eigenvalue weighted by molar-refractivity contribution is 7.52. The van der Waals surface area contributed by atoms with Gasteiger partial charge in [0.05, 0.1) is 12.9 Å². The third-order valence-corrected chi connectivity index (χ3v) is 9.09. The van der Waals surface area contributed by atoms with Crippen molar-refractivity contribution in [2.45, 2.75) is 69.3 Å². The Balaban J connectivity index is 1.39. The molecule has 1 aromatic carbocycles. The Morgan fingerprint density at radius 3 is 2.71 bits per heavy atom. The van der Waals surface area contributed by atoms with E-state index in [1.807, 2.05) is 11.9 Å². The number of fused-ring (bicyclic) bond motifs is 1. The van der Waals surface area contributed by atoms with Crippen LogP contribution >= 0.6 is 7.75 Å². The van der Waals surface area contributed by atoms with E-state index in [4.69, 9.17) is 19.5 Å². The van der Waals surface area contributed by atoms with E-state index >= 15 is 4.39 Å². The number of imidazole rings is 1. The highest BCUT2D eigenvalue weighted by Crippen LogP contribution is 2.48. The van der Waals surface area contributed by atoms with E-state index in [1.165, 1.54) is 30.0 Å². The van der Waals surface area contributed by atoms with Crippen LogP contribution in [0.25, 0.3) is 11.2 Å². The number of hydrogen-bond acceptors (Lipinski definition) is 11. The minimum Gasteiger partial charge on any atom is -0.480 e. The summed E-state index contributed by atoms with van der Waals surface area (Å²) in [5, 5.41) is 22.5. The number of aliphatic hydroxyl groups is 1. The van der Waals surface area contributed by atoms with E-state index < -0.39 is 50.5 Å². The molecule has 5 rings (SSSR count). The number of nitrogens with zero attached hydrogens (tertiary/aromatic N) is 5. The predicted molar refractivity (Wildman–Crippen MR) is 146 cm³/mol. The topological polar surface area (TPSA) is 187 Å². The molecule has 1 aliphatic carbocycles. The lowest BCUT2D eigenvalue weighted by Crippen LogP contribution is -2.41. The standard InChI is InChI=1S/C25H33FN7O7P/c1-14(22(35)36)31-41(37,40-16-10-5-4-6-11-16)38-12-17-19(34)25(2,26)23(39-17)33-13-28-18-20(29-24(27)30-21(18)33)32(3)15-8-7-9-15/h4-6,10-11,13-15,17,19,23,34H,7-9,12H2,1-3H3,(H,31,37)(H,35,36)(H2,27,29,30)/t14-,17+,19+,23+,25+,41?/m0/s1. The van der Waals surface area contributed by atoms with Crippen molar-refractivity contribution in [1.29, 1.82) is 0 Å². The number of hydrogen-bond donors (Lipinski definition) is 4. The van der Waals surface area contributed by atoms with Crippen molar-refractivity contribution in [3.8, 4) is 5.75 Å². The second kappa shape index (κ2) is 11.1. The minimum absolute atomic E-state index is 0.0305. The second-order valence-corrected chi connectivity index (χ2v) is 12.1. The molecule has 0 radical (unpaired) electrons. The minimum atomic E-state index is -4.33. The van der Waals surface area contributed by atoms with Gasteiger partial charge in [-0.15, -0.1) is 0 Å². The number of halogens is 1. The number of aliphatic hydroxyl groups excluding tert-OH is 1. The lowest BCUT2D eigenvalue weighted by molar-refractivity contribution is -0.138. The van der Waals surface area contributed by atoms with Gasteiger partial charge in [0.1, 0.15) is 24.0 Å². The summed E-state index contributed by atoms with van der Waals surface area (Å²) in [5.41, 5.74) is 4.25. The number of alkyl halides is 1. The zero-order chi connectivity index (χ0) is 29.5. The largest absolute Gasteiger partial charge is 0.480 e. The van der Waals surface area contributed by atoms with Crippen molar-refractivity contribution in [2.75, 3.05) is 24.3 Å². The number of anilines is 2. The molecule has 0 amide bonds. The van der Waals surface area contributed by atoms with Crippen LogP contribution in [0.4, 0.5) is 16.2 Å². The fourth-order valence-corrected chi connectivity index (χ4v) is 6.31. The molecular weight excluding hydrogens is 560 g/mol. The van der Waals surface area contributed by atoms with Crippen molar-refractivity contribution in [3.63, 3.8) is 0 Å². The van der Waals surface area contributed by atoms with E-state index in [1.54, 1.807) is 18.2 Å². The molecule has 3 heterocycles. The highest BCUT2D eigenvalue weighted by atomic mass is 31.2. The van der Waals surface area contributed by atoms with Crippen LogP contribution in [0.3, 0.4) is 0 Å². The van der Waals surface area contributed by atoms with Crippen LogP contribution < -0.4 is 20.2 Å². The quantitative estimate of drug-likeness (QED) is 0.238. The summed E-state index contributed by atoms with van der Waals surface area (Å²) in [4.78, 5) is 26.4. The first kappa shape index (κ1) is 29.1. The first-order chi connectivity index (χ1) is 19.4. The molecule has 1 unspecified atom stereocenters. The van der Waals surface area contributed by atoms with E-state index in [-0.39, 0.29) is 23.4 Å². The molecule has 1 saturated heterocycles. The summed E-state index contributed by atoms with van der Waals surface area (Å²) < 4.78 is 47.8. The smallest absolute Gasteiger partial charge is 0.459 e. The zero-order valence-corrected chi connectivity index (χ0v) is 23.6. The number of carboxylic acid groups (broad SMARTS) is 1. The lowest BCUT2D eigenvalue weighted by atomic mass is 9.92. The summed E-state index contributed by atoms with van der Waals surface area (Å²) in [6.07, 6.45) is -0.00630. The molecule has 2 aliphatic rings. The number of nitrogen functional groups attached to an aromatic ring is 1. The van der Waals surface area contributed by atoms with E-state index in [0.29, 0.717) is 11.3 Å². The fraction of sp³-hybridized carbons (Fsp3) is 0.520. The number of benzene rings is 1. The zero-order valence-electron chi connectivity index (χ0n) is 22.8. The fourth-order valence-electron chi connectivity index (χ4n) is 4.81. The normalized spacial score (nSPS) is 26.8. The van der Waals surface area contributed by atoms with Gasteiger partial charge in [0.2, 0.25) is 5.95 Å².